The van der Waals surface area contributed by atoms with Crippen LogP contribution >= 0.6 is 11.3 Å². The standard InChI is InChI=1S/C14H14O2S/c1-2-14(15)12-3-5-13(6-4-12)16-9-11-7-8-17-10-11/h3-8,10H,2,9H2,1H3. The molecular formula is C14H14O2S. The molecule has 0 saturated heterocycles. The van der Waals surface area contributed by atoms with Gasteiger partial charge in [-0.25, -0.2) is 0 Å². The SMILES string of the molecule is CCC(=O)c1ccc(OCc2ccsc2)cc1. The van der Waals surface area contributed by atoms with Gasteiger partial charge in [-0.2, -0.15) is 11.3 Å². The number of hydrogen-bond acceptors (Lipinski definition) is 3. The van der Waals surface area contributed by atoms with Gasteiger partial charge in [0.2, 0.25) is 0 Å². The first kappa shape index (κ1) is 11.9. The van der Waals surface area contributed by atoms with Crippen molar-refractivity contribution < 1.29 is 9.53 Å². The average Bonchev–Trinajstić information content (AvgIpc) is 2.89. The Hall–Kier alpha value is -1.61. The van der Waals surface area contributed by atoms with Gasteiger partial charge in [0.05, 0.1) is 0 Å². The van der Waals surface area contributed by atoms with Gasteiger partial charge in [-0.1, -0.05) is 6.92 Å². The van der Waals surface area contributed by atoms with Crippen molar-refractivity contribution in [2.24, 2.45) is 0 Å². The average molecular weight is 246 g/mol. The smallest absolute Gasteiger partial charge is 0.162 e. The zero-order chi connectivity index (χ0) is 12.1. The van der Waals surface area contributed by atoms with E-state index in [-0.39, 0.29) is 5.78 Å². The number of benzene rings is 1. The molecule has 1 heterocycles. The van der Waals surface area contributed by atoms with Gasteiger partial charge >= 0.3 is 0 Å². The van der Waals surface area contributed by atoms with Crippen LogP contribution in [0, 0.1) is 0 Å². The lowest BCUT2D eigenvalue weighted by atomic mass is 10.1. The minimum absolute atomic E-state index is 0.161. The number of Topliss-reactive ketones (excluding diaryl/α,β-unsaturated/α-hetero) is 1. The highest BCUT2D eigenvalue weighted by Crippen LogP contribution is 2.16. The molecule has 0 saturated carbocycles. The quantitative estimate of drug-likeness (QED) is 0.747. The lowest BCUT2D eigenvalue weighted by Crippen LogP contribution is -1.97. The molecule has 0 unspecified atom stereocenters. The molecule has 0 N–H and O–H groups in total. The number of carbonyl (C=O) groups is 1. The maximum atomic E-state index is 11.4. The van der Waals surface area contributed by atoms with Crippen molar-refractivity contribution in [2.75, 3.05) is 0 Å². The second kappa shape index (κ2) is 5.64. The predicted molar refractivity (Wildman–Crippen MR) is 69.7 cm³/mol. The van der Waals surface area contributed by atoms with Crippen molar-refractivity contribution in [1.29, 1.82) is 0 Å². The van der Waals surface area contributed by atoms with Gasteiger partial charge in [-0.15, -0.1) is 0 Å². The zero-order valence-corrected chi connectivity index (χ0v) is 10.5. The number of rotatable bonds is 5. The van der Waals surface area contributed by atoms with Crippen LogP contribution in [0.1, 0.15) is 29.3 Å². The molecule has 0 aliphatic carbocycles. The Kier molecular flexibility index (Phi) is 3.94. The van der Waals surface area contributed by atoms with Crippen LogP contribution in [0.15, 0.2) is 41.1 Å². The van der Waals surface area contributed by atoms with Crippen molar-refractivity contribution in [2.45, 2.75) is 20.0 Å². The summed E-state index contributed by atoms with van der Waals surface area (Å²) in [7, 11) is 0. The van der Waals surface area contributed by atoms with E-state index in [1.807, 2.05) is 42.6 Å². The van der Waals surface area contributed by atoms with Gasteiger partial charge in [0.1, 0.15) is 12.4 Å². The molecule has 0 radical (unpaired) electrons. The van der Waals surface area contributed by atoms with Gasteiger partial charge < -0.3 is 4.74 Å². The fourth-order valence-electron chi connectivity index (χ4n) is 1.48. The lowest BCUT2D eigenvalue weighted by molar-refractivity contribution is 0.0988. The molecule has 0 bridgehead atoms. The Labute approximate surface area is 105 Å². The minimum Gasteiger partial charge on any atom is -0.489 e. The van der Waals surface area contributed by atoms with Gasteiger partial charge in [0.15, 0.2) is 5.78 Å². The third kappa shape index (κ3) is 3.17. The van der Waals surface area contributed by atoms with Gasteiger partial charge in [0.25, 0.3) is 0 Å². The van der Waals surface area contributed by atoms with Gasteiger partial charge in [-0.3, -0.25) is 4.79 Å². The Morgan fingerprint density at radius 3 is 2.59 bits per heavy atom. The third-order valence-electron chi connectivity index (χ3n) is 2.48. The normalized spacial score (nSPS) is 10.2. The second-order valence-electron chi connectivity index (χ2n) is 3.72. The molecule has 0 aliphatic heterocycles. The first-order valence-corrected chi connectivity index (χ1v) is 6.51. The number of carbonyl (C=O) groups excluding carboxylic acids is 1. The molecule has 2 nitrogen and oxygen atoms in total. The summed E-state index contributed by atoms with van der Waals surface area (Å²) in [6, 6.07) is 9.35. The predicted octanol–water partition coefficient (Wildman–Crippen LogP) is 3.92. The van der Waals surface area contributed by atoms with Crippen LogP contribution in [-0.2, 0) is 6.61 Å². The zero-order valence-electron chi connectivity index (χ0n) is 9.68. The Morgan fingerprint density at radius 1 is 1.24 bits per heavy atom. The Bertz CT molecular complexity index is 471. The van der Waals surface area contributed by atoms with E-state index in [9.17, 15) is 4.79 Å². The molecule has 2 aromatic rings. The molecule has 1 aromatic carbocycles. The van der Waals surface area contributed by atoms with E-state index in [0.717, 1.165) is 11.3 Å². The summed E-state index contributed by atoms with van der Waals surface area (Å²) in [6.07, 6.45) is 0.537. The molecule has 2 rings (SSSR count). The molecular weight excluding hydrogens is 232 g/mol. The van der Waals surface area contributed by atoms with E-state index in [4.69, 9.17) is 4.74 Å². The summed E-state index contributed by atoms with van der Waals surface area (Å²) in [6.45, 7) is 2.44. The van der Waals surface area contributed by atoms with Crippen molar-refractivity contribution in [3.05, 3.63) is 52.2 Å². The van der Waals surface area contributed by atoms with E-state index in [1.54, 1.807) is 11.3 Å². The van der Waals surface area contributed by atoms with Crippen LogP contribution < -0.4 is 4.74 Å². The summed E-state index contributed by atoms with van der Waals surface area (Å²) in [5.74, 6) is 0.957. The number of ketones is 1. The van der Waals surface area contributed by atoms with Crippen molar-refractivity contribution in [3.63, 3.8) is 0 Å². The fraction of sp³-hybridized carbons (Fsp3) is 0.214. The van der Waals surface area contributed by atoms with Crippen molar-refractivity contribution in [3.8, 4) is 5.75 Å². The van der Waals surface area contributed by atoms with E-state index in [0.29, 0.717) is 13.0 Å². The van der Waals surface area contributed by atoms with Crippen LogP contribution in [0.25, 0.3) is 0 Å². The maximum Gasteiger partial charge on any atom is 0.162 e. The summed E-state index contributed by atoms with van der Waals surface area (Å²) < 4.78 is 5.61. The summed E-state index contributed by atoms with van der Waals surface area (Å²) in [4.78, 5) is 11.4. The first-order valence-electron chi connectivity index (χ1n) is 5.56. The van der Waals surface area contributed by atoms with Crippen molar-refractivity contribution in [1.82, 2.24) is 0 Å². The van der Waals surface area contributed by atoms with Crippen LogP contribution in [0.3, 0.4) is 0 Å². The lowest BCUT2D eigenvalue weighted by Gasteiger charge is -2.05. The minimum atomic E-state index is 0.161. The van der Waals surface area contributed by atoms with E-state index < -0.39 is 0 Å². The largest absolute Gasteiger partial charge is 0.489 e. The summed E-state index contributed by atoms with van der Waals surface area (Å²) >= 11 is 1.66. The Balaban J connectivity index is 1.96. The highest BCUT2D eigenvalue weighted by Gasteiger charge is 2.02. The van der Waals surface area contributed by atoms with Crippen LogP contribution in [0.4, 0.5) is 0 Å². The number of hydrogen-bond donors (Lipinski definition) is 0. The maximum absolute atomic E-state index is 11.4. The van der Waals surface area contributed by atoms with Crippen LogP contribution in [0.5, 0.6) is 5.75 Å². The van der Waals surface area contributed by atoms with Crippen molar-refractivity contribution >= 4 is 17.1 Å². The number of thiophene rings is 1. The first-order chi connectivity index (χ1) is 8.29. The summed E-state index contributed by atoms with van der Waals surface area (Å²) in [5.41, 5.74) is 1.92. The monoisotopic (exact) mass is 246 g/mol. The highest BCUT2D eigenvalue weighted by molar-refractivity contribution is 7.07. The summed E-state index contributed by atoms with van der Waals surface area (Å²) in [5, 5.41) is 4.09. The third-order valence-corrected chi connectivity index (χ3v) is 3.22. The van der Waals surface area contributed by atoms with Gasteiger partial charge in [-0.05, 0) is 46.7 Å². The highest BCUT2D eigenvalue weighted by atomic mass is 32.1. The van der Waals surface area contributed by atoms with Crippen LogP contribution in [0.2, 0.25) is 0 Å². The molecule has 0 fully saturated rings. The molecule has 0 amide bonds. The van der Waals surface area contributed by atoms with Crippen LogP contribution in [-0.4, -0.2) is 5.78 Å². The molecule has 1 aromatic heterocycles. The molecule has 0 atom stereocenters. The molecule has 3 heteroatoms. The fourth-order valence-corrected chi connectivity index (χ4v) is 2.14. The molecule has 0 spiro atoms. The molecule has 17 heavy (non-hydrogen) atoms. The van der Waals surface area contributed by atoms with Gasteiger partial charge in [0, 0.05) is 12.0 Å². The topological polar surface area (TPSA) is 26.3 Å². The molecule has 0 aliphatic rings. The van der Waals surface area contributed by atoms with E-state index >= 15 is 0 Å². The second-order valence-corrected chi connectivity index (χ2v) is 4.50. The van der Waals surface area contributed by atoms with E-state index in [1.165, 1.54) is 5.56 Å². The molecule has 88 valence electrons. The van der Waals surface area contributed by atoms with E-state index in [2.05, 4.69) is 5.38 Å². The number of ether oxygens (including phenoxy) is 1. The Morgan fingerprint density at radius 2 is 2.00 bits per heavy atom.